The molecule has 1 N–H and O–H groups in total. The number of benzene rings is 2. The van der Waals surface area contributed by atoms with E-state index in [0.29, 0.717) is 22.7 Å². The zero-order valence-electron chi connectivity index (χ0n) is 12.4. The van der Waals surface area contributed by atoms with E-state index in [9.17, 15) is 9.59 Å². The monoisotopic (exact) mass is 326 g/mol. The summed E-state index contributed by atoms with van der Waals surface area (Å²) < 4.78 is 0. The van der Waals surface area contributed by atoms with E-state index >= 15 is 0 Å². The summed E-state index contributed by atoms with van der Waals surface area (Å²) in [6.45, 7) is 0.787. The smallest absolute Gasteiger partial charge is 0.255 e. The number of carbonyl (C=O) groups excluding carboxylic acids is 2. The third-order valence-electron chi connectivity index (χ3n) is 4.37. The second-order valence-electron chi connectivity index (χ2n) is 5.93. The highest BCUT2D eigenvalue weighted by atomic mass is 35.5. The largest absolute Gasteiger partial charge is 0.322 e. The molecule has 0 unspecified atom stereocenters. The fourth-order valence-electron chi connectivity index (χ4n) is 3.35. The van der Waals surface area contributed by atoms with Gasteiger partial charge in [-0.1, -0.05) is 11.6 Å². The van der Waals surface area contributed by atoms with Crippen molar-refractivity contribution in [3.8, 4) is 0 Å². The van der Waals surface area contributed by atoms with Gasteiger partial charge < -0.3 is 10.2 Å². The Hall–Kier alpha value is -2.33. The number of aryl methyl sites for hydroxylation is 1. The van der Waals surface area contributed by atoms with Gasteiger partial charge in [0.05, 0.1) is 12.1 Å². The van der Waals surface area contributed by atoms with Gasteiger partial charge in [0.1, 0.15) is 0 Å². The van der Waals surface area contributed by atoms with Gasteiger partial charge in [-0.15, -0.1) is 0 Å². The minimum Gasteiger partial charge on any atom is -0.322 e. The summed E-state index contributed by atoms with van der Waals surface area (Å²) in [5, 5.41) is 3.50. The molecule has 0 fully saturated rings. The number of nitrogens with zero attached hydrogens (tertiary/aromatic N) is 1. The second kappa shape index (κ2) is 5.39. The van der Waals surface area contributed by atoms with Gasteiger partial charge in [0.15, 0.2) is 0 Å². The summed E-state index contributed by atoms with van der Waals surface area (Å²) in [4.78, 5) is 26.4. The van der Waals surface area contributed by atoms with Crippen LogP contribution in [0.2, 0.25) is 5.02 Å². The Bertz CT molecular complexity index is 815. The average Bonchev–Trinajstić information content (AvgIpc) is 2.87. The van der Waals surface area contributed by atoms with Crippen LogP contribution >= 0.6 is 11.6 Å². The molecule has 2 aliphatic rings. The van der Waals surface area contributed by atoms with Crippen molar-refractivity contribution in [1.82, 2.24) is 0 Å². The molecule has 23 heavy (non-hydrogen) atoms. The van der Waals surface area contributed by atoms with Crippen LogP contribution < -0.4 is 10.2 Å². The maximum Gasteiger partial charge on any atom is 0.255 e. The molecule has 2 aromatic rings. The molecular weight excluding hydrogens is 312 g/mol. The number of hydrogen-bond acceptors (Lipinski definition) is 2. The Morgan fingerprint density at radius 2 is 1.87 bits per heavy atom. The molecule has 5 heteroatoms. The minimum absolute atomic E-state index is 0.135. The molecule has 0 saturated heterocycles. The fraction of sp³-hybridized carbons (Fsp3) is 0.222. The van der Waals surface area contributed by atoms with E-state index in [-0.39, 0.29) is 11.8 Å². The van der Waals surface area contributed by atoms with Crippen molar-refractivity contribution >= 4 is 34.8 Å². The van der Waals surface area contributed by atoms with Crippen LogP contribution in [0.25, 0.3) is 0 Å². The predicted molar refractivity (Wildman–Crippen MR) is 90.2 cm³/mol. The maximum atomic E-state index is 12.5. The topological polar surface area (TPSA) is 49.4 Å². The number of hydrogen-bond donors (Lipinski definition) is 1. The Morgan fingerprint density at radius 3 is 2.65 bits per heavy atom. The summed E-state index contributed by atoms with van der Waals surface area (Å²) >= 11 is 5.85. The standard InChI is InChI=1S/C18H15ClN2O2/c19-14-3-5-15(6-4-14)20-18(23)13-8-11-2-1-7-21-16(22)10-12(9-13)17(11)21/h3-6,8-9H,1-2,7,10H2,(H,20,23). The zero-order chi connectivity index (χ0) is 16.0. The summed E-state index contributed by atoms with van der Waals surface area (Å²) in [7, 11) is 0. The number of rotatable bonds is 2. The van der Waals surface area contributed by atoms with Crippen LogP contribution in [0, 0.1) is 0 Å². The predicted octanol–water partition coefficient (Wildman–Crippen LogP) is 3.43. The first kappa shape index (κ1) is 14.3. The second-order valence-corrected chi connectivity index (χ2v) is 6.37. The van der Waals surface area contributed by atoms with Crippen molar-refractivity contribution < 1.29 is 9.59 Å². The number of carbonyl (C=O) groups is 2. The Morgan fingerprint density at radius 1 is 1.13 bits per heavy atom. The van der Waals surface area contributed by atoms with E-state index < -0.39 is 0 Å². The lowest BCUT2D eigenvalue weighted by Gasteiger charge is -2.25. The fourth-order valence-corrected chi connectivity index (χ4v) is 3.47. The van der Waals surface area contributed by atoms with Crippen molar-refractivity contribution in [3.63, 3.8) is 0 Å². The van der Waals surface area contributed by atoms with Crippen molar-refractivity contribution in [2.75, 3.05) is 16.8 Å². The molecule has 4 nitrogen and oxygen atoms in total. The molecule has 0 spiro atoms. The van der Waals surface area contributed by atoms with Crippen molar-refractivity contribution in [1.29, 1.82) is 0 Å². The van der Waals surface area contributed by atoms with E-state index in [1.54, 1.807) is 24.3 Å². The van der Waals surface area contributed by atoms with Crippen LogP contribution in [0.3, 0.4) is 0 Å². The van der Waals surface area contributed by atoms with Gasteiger partial charge in [0, 0.05) is 22.8 Å². The van der Waals surface area contributed by atoms with Gasteiger partial charge in [-0.25, -0.2) is 0 Å². The number of halogens is 1. The first-order valence-corrected chi connectivity index (χ1v) is 8.03. The van der Waals surface area contributed by atoms with Crippen LogP contribution in [0.5, 0.6) is 0 Å². The Labute approximate surface area is 139 Å². The van der Waals surface area contributed by atoms with Gasteiger partial charge in [-0.3, -0.25) is 9.59 Å². The molecule has 4 rings (SSSR count). The lowest BCUT2D eigenvalue weighted by atomic mass is 9.96. The minimum atomic E-state index is -0.164. The molecule has 0 atom stereocenters. The van der Waals surface area contributed by atoms with Gasteiger partial charge in [0.2, 0.25) is 5.91 Å². The molecule has 2 aromatic carbocycles. The van der Waals surface area contributed by atoms with Crippen LogP contribution in [0.4, 0.5) is 11.4 Å². The Balaban J connectivity index is 1.65. The Kier molecular flexibility index (Phi) is 3.34. The first-order chi connectivity index (χ1) is 11.1. The molecule has 2 aliphatic heterocycles. The van der Waals surface area contributed by atoms with Crippen LogP contribution in [-0.2, 0) is 17.6 Å². The van der Waals surface area contributed by atoms with E-state index in [0.717, 1.165) is 36.2 Å². The summed E-state index contributed by atoms with van der Waals surface area (Å²) in [5.41, 5.74) is 4.40. The molecular formula is C18H15ClN2O2. The number of nitrogens with one attached hydrogen (secondary N) is 1. The van der Waals surface area contributed by atoms with Crippen molar-refractivity contribution in [3.05, 3.63) is 58.1 Å². The SMILES string of the molecule is O=C(Nc1ccc(Cl)cc1)c1cc2c3c(c1)CC(=O)N3CCC2. The van der Waals surface area contributed by atoms with E-state index in [1.165, 1.54) is 0 Å². The van der Waals surface area contributed by atoms with E-state index in [1.807, 2.05) is 17.0 Å². The highest BCUT2D eigenvalue weighted by Gasteiger charge is 2.32. The maximum absolute atomic E-state index is 12.5. The number of anilines is 2. The highest BCUT2D eigenvalue weighted by molar-refractivity contribution is 6.30. The van der Waals surface area contributed by atoms with Crippen molar-refractivity contribution in [2.45, 2.75) is 19.3 Å². The quantitative estimate of drug-likeness (QED) is 0.919. The molecule has 0 aromatic heterocycles. The van der Waals surface area contributed by atoms with Gasteiger partial charge in [0.25, 0.3) is 5.91 Å². The van der Waals surface area contributed by atoms with E-state index in [4.69, 9.17) is 11.6 Å². The first-order valence-electron chi connectivity index (χ1n) is 7.65. The normalized spacial score (nSPS) is 15.5. The molecule has 116 valence electrons. The summed E-state index contributed by atoms with van der Waals surface area (Å²) in [5.74, 6) is -0.0287. The van der Waals surface area contributed by atoms with Crippen molar-refractivity contribution in [2.24, 2.45) is 0 Å². The highest BCUT2D eigenvalue weighted by Crippen LogP contribution is 2.37. The van der Waals surface area contributed by atoms with Gasteiger partial charge >= 0.3 is 0 Å². The molecule has 0 saturated carbocycles. The molecule has 0 bridgehead atoms. The lowest BCUT2D eigenvalue weighted by molar-refractivity contribution is -0.117. The third-order valence-corrected chi connectivity index (χ3v) is 4.62. The van der Waals surface area contributed by atoms with Gasteiger partial charge in [-0.2, -0.15) is 0 Å². The zero-order valence-corrected chi connectivity index (χ0v) is 13.2. The van der Waals surface area contributed by atoms with Gasteiger partial charge in [-0.05, 0) is 60.4 Å². The summed E-state index contributed by atoms with van der Waals surface area (Å²) in [6, 6.07) is 10.8. The summed E-state index contributed by atoms with van der Waals surface area (Å²) in [6.07, 6.45) is 2.25. The average molecular weight is 327 g/mol. The van der Waals surface area contributed by atoms with Crippen LogP contribution in [-0.4, -0.2) is 18.4 Å². The molecule has 2 heterocycles. The molecule has 0 aliphatic carbocycles. The lowest BCUT2D eigenvalue weighted by Crippen LogP contribution is -2.31. The van der Waals surface area contributed by atoms with Crippen LogP contribution in [0.15, 0.2) is 36.4 Å². The number of amides is 2. The third kappa shape index (κ3) is 2.49. The van der Waals surface area contributed by atoms with Crippen LogP contribution in [0.1, 0.15) is 27.9 Å². The molecule has 0 radical (unpaired) electrons. The molecule has 2 amide bonds. The van der Waals surface area contributed by atoms with E-state index in [2.05, 4.69) is 5.32 Å².